The summed E-state index contributed by atoms with van der Waals surface area (Å²) in [7, 11) is 0. The predicted molar refractivity (Wildman–Crippen MR) is 138 cm³/mol. The van der Waals surface area contributed by atoms with Crippen LogP contribution in [-0.2, 0) is 11.3 Å². The highest BCUT2D eigenvalue weighted by atomic mass is 16.5. The number of nitrogens with one attached hydrogen (secondary N) is 2. The van der Waals surface area contributed by atoms with Crippen LogP contribution >= 0.6 is 0 Å². The van der Waals surface area contributed by atoms with Crippen LogP contribution in [0.1, 0.15) is 54.4 Å². The summed E-state index contributed by atoms with van der Waals surface area (Å²) < 4.78 is 5.76. The molecule has 6 heteroatoms. The molecule has 4 saturated carbocycles. The first-order valence-corrected chi connectivity index (χ1v) is 12.9. The van der Waals surface area contributed by atoms with E-state index in [1.807, 2.05) is 48.5 Å². The Labute approximate surface area is 211 Å². The molecule has 6 nitrogen and oxygen atoms in total. The van der Waals surface area contributed by atoms with Gasteiger partial charge in [-0.1, -0.05) is 12.1 Å². The zero-order valence-electron chi connectivity index (χ0n) is 20.3. The molecule has 0 radical (unpaired) electrons. The number of hydrogen-bond donors (Lipinski definition) is 2. The van der Waals surface area contributed by atoms with Crippen LogP contribution in [0.4, 0.5) is 5.69 Å². The van der Waals surface area contributed by atoms with Crippen LogP contribution < -0.4 is 15.4 Å². The first-order chi connectivity index (χ1) is 17.5. The van der Waals surface area contributed by atoms with Crippen molar-refractivity contribution in [1.29, 1.82) is 0 Å². The van der Waals surface area contributed by atoms with Crippen molar-refractivity contribution in [3.05, 3.63) is 84.2 Å². The van der Waals surface area contributed by atoms with Gasteiger partial charge in [0.25, 0.3) is 5.91 Å². The fraction of sp³-hybridized carbons (Fsp3) is 0.367. The number of carbonyl (C=O) groups is 2. The SMILES string of the molecule is O=C(Nc1ccc(Oc2ccncc2)cc1)c1ccc(CNC(=O)C23CC4CC(CC(C4)C2)C3)cc1. The lowest BCUT2D eigenvalue weighted by molar-refractivity contribution is -0.146. The molecule has 0 unspecified atom stereocenters. The smallest absolute Gasteiger partial charge is 0.255 e. The Kier molecular flexibility index (Phi) is 5.96. The van der Waals surface area contributed by atoms with Crippen molar-refractivity contribution in [2.24, 2.45) is 23.2 Å². The van der Waals surface area contributed by atoms with Crippen LogP contribution in [0.2, 0.25) is 0 Å². The molecular formula is C30H31N3O3. The van der Waals surface area contributed by atoms with Gasteiger partial charge in [0.15, 0.2) is 0 Å². The number of benzene rings is 2. The molecule has 4 aliphatic carbocycles. The molecule has 4 aliphatic rings. The van der Waals surface area contributed by atoms with Crippen LogP contribution in [0.15, 0.2) is 73.1 Å². The van der Waals surface area contributed by atoms with E-state index in [0.717, 1.165) is 42.6 Å². The summed E-state index contributed by atoms with van der Waals surface area (Å²) in [6.07, 6.45) is 10.6. The topological polar surface area (TPSA) is 80.3 Å². The van der Waals surface area contributed by atoms with Crippen LogP contribution in [0.3, 0.4) is 0 Å². The lowest BCUT2D eigenvalue weighted by atomic mass is 9.49. The van der Waals surface area contributed by atoms with E-state index in [4.69, 9.17) is 4.74 Å². The molecule has 4 bridgehead atoms. The Bertz CT molecular complexity index is 1200. The molecule has 1 aromatic heterocycles. The summed E-state index contributed by atoms with van der Waals surface area (Å²) in [6.45, 7) is 0.501. The zero-order chi connectivity index (χ0) is 24.5. The van der Waals surface area contributed by atoms with E-state index >= 15 is 0 Å². The number of nitrogens with zero attached hydrogens (tertiary/aromatic N) is 1. The summed E-state index contributed by atoms with van der Waals surface area (Å²) in [5.74, 6) is 3.71. The number of pyridine rings is 1. The van der Waals surface area contributed by atoms with Gasteiger partial charge >= 0.3 is 0 Å². The number of anilines is 1. The Morgan fingerprint density at radius 3 is 2.00 bits per heavy atom. The molecule has 184 valence electrons. The van der Waals surface area contributed by atoms with E-state index in [1.54, 1.807) is 24.5 Å². The second kappa shape index (κ2) is 9.41. The molecule has 0 spiro atoms. The van der Waals surface area contributed by atoms with Crippen LogP contribution in [0, 0.1) is 23.2 Å². The van der Waals surface area contributed by atoms with E-state index in [1.165, 1.54) is 19.3 Å². The summed E-state index contributed by atoms with van der Waals surface area (Å²) in [4.78, 5) is 29.9. The van der Waals surface area contributed by atoms with E-state index in [2.05, 4.69) is 15.6 Å². The molecule has 0 aliphatic heterocycles. The molecule has 3 aromatic rings. The maximum atomic E-state index is 13.2. The number of aromatic nitrogens is 1. The highest BCUT2D eigenvalue weighted by Gasteiger charge is 2.54. The summed E-state index contributed by atoms with van der Waals surface area (Å²) in [6, 6.07) is 18.3. The van der Waals surface area contributed by atoms with Gasteiger partial charge in [-0.25, -0.2) is 0 Å². The van der Waals surface area contributed by atoms with Gasteiger partial charge < -0.3 is 15.4 Å². The number of hydrogen-bond acceptors (Lipinski definition) is 4. The van der Waals surface area contributed by atoms with Crippen LogP contribution in [0.5, 0.6) is 11.5 Å². The predicted octanol–water partition coefficient (Wildman–Crippen LogP) is 5.96. The molecule has 7 rings (SSSR count). The van der Waals surface area contributed by atoms with Crippen molar-refractivity contribution in [3.63, 3.8) is 0 Å². The lowest BCUT2D eigenvalue weighted by Crippen LogP contribution is -2.53. The van der Waals surface area contributed by atoms with Crippen molar-refractivity contribution in [2.75, 3.05) is 5.32 Å². The lowest BCUT2D eigenvalue weighted by Gasteiger charge is -2.55. The second-order valence-electron chi connectivity index (χ2n) is 10.8. The maximum absolute atomic E-state index is 13.2. The van der Waals surface area contributed by atoms with Gasteiger partial charge in [0.1, 0.15) is 11.5 Å². The van der Waals surface area contributed by atoms with Crippen molar-refractivity contribution in [1.82, 2.24) is 10.3 Å². The largest absolute Gasteiger partial charge is 0.457 e. The third-order valence-corrected chi connectivity index (χ3v) is 8.19. The van der Waals surface area contributed by atoms with E-state index in [-0.39, 0.29) is 17.2 Å². The summed E-state index contributed by atoms with van der Waals surface area (Å²) in [5.41, 5.74) is 2.13. The maximum Gasteiger partial charge on any atom is 0.255 e. The standard InChI is InChI=1S/C30H31N3O3/c34-28(33-25-5-7-26(8-6-25)36-27-9-11-31-12-10-27)24-3-1-20(2-4-24)19-32-29(35)30-16-21-13-22(17-30)15-23(14-21)18-30/h1-12,21-23H,13-19H2,(H,32,35)(H,33,34). The Morgan fingerprint density at radius 2 is 1.39 bits per heavy atom. The molecule has 2 aromatic carbocycles. The summed E-state index contributed by atoms with van der Waals surface area (Å²) in [5, 5.41) is 6.13. The zero-order valence-corrected chi connectivity index (χ0v) is 20.3. The van der Waals surface area contributed by atoms with E-state index in [0.29, 0.717) is 29.3 Å². The minimum Gasteiger partial charge on any atom is -0.457 e. The molecule has 2 amide bonds. The normalized spacial score (nSPS) is 25.8. The van der Waals surface area contributed by atoms with E-state index < -0.39 is 0 Å². The molecule has 0 saturated heterocycles. The average Bonchev–Trinajstić information content (AvgIpc) is 2.88. The van der Waals surface area contributed by atoms with E-state index in [9.17, 15) is 9.59 Å². The third kappa shape index (κ3) is 4.72. The molecule has 0 atom stereocenters. The van der Waals surface area contributed by atoms with Crippen LogP contribution in [-0.4, -0.2) is 16.8 Å². The van der Waals surface area contributed by atoms with Gasteiger partial charge in [-0.3, -0.25) is 14.6 Å². The number of carbonyl (C=O) groups excluding carboxylic acids is 2. The molecular weight excluding hydrogens is 450 g/mol. The minimum absolute atomic E-state index is 0.131. The molecule has 36 heavy (non-hydrogen) atoms. The minimum atomic E-state index is -0.179. The van der Waals surface area contributed by atoms with Gasteiger partial charge in [-0.15, -0.1) is 0 Å². The highest BCUT2D eigenvalue weighted by molar-refractivity contribution is 6.04. The molecule has 4 fully saturated rings. The summed E-state index contributed by atoms with van der Waals surface area (Å²) >= 11 is 0. The monoisotopic (exact) mass is 481 g/mol. The van der Waals surface area contributed by atoms with Gasteiger partial charge in [0, 0.05) is 35.6 Å². The Morgan fingerprint density at radius 1 is 0.806 bits per heavy atom. The molecule has 1 heterocycles. The Balaban J connectivity index is 1.02. The van der Waals surface area contributed by atoms with Gasteiger partial charge in [-0.2, -0.15) is 0 Å². The van der Waals surface area contributed by atoms with Crippen LogP contribution in [0.25, 0.3) is 0 Å². The number of amides is 2. The number of rotatable bonds is 7. The van der Waals surface area contributed by atoms with Gasteiger partial charge in [-0.05, 0) is 110 Å². The number of ether oxygens (including phenoxy) is 1. The van der Waals surface area contributed by atoms with Crippen molar-refractivity contribution in [3.8, 4) is 11.5 Å². The first-order valence-electron chi connectivity index (χ1n) is 12.9. The van der Waals surface area contributed by atoms with Crippen molar-refractivity contribution >= 4 is 17.5 Å². The fourth-order valence-electron chi connectivity index (χ4n) is 6.88. The Hall–Kier alpha value is -3.67. The van der Waals surface area contributed by atoms with Gasteiger partial charge in [0.2, 0.25) is 5.91 Å². The average molecular weight is 482 g/mol. The van der Waals surface area contributed by atoms with Crippen molar-refractivity contribution < 1.29 is 14.3 Å². The molecule has 2 N–H and O–H groups in total. The van der Waals surface area contributed by atoms with Gasteiger partial charge in [0.05, 0.1) is 0 Å². The third-order valence-electron chi connectivity index (χ3n) is 8.19. The fourth-order valence-corrected chi connectivity index (χ4v) is 6.88. The highest BCUT2D eigenvalue weighted by Crippen LogP contribution is 2.60. The first kappa shape index (κ1) is 22.8. The quantitative estimate of drug-likeness (QED) is 0.436. The van der Waals surface area contributed by atoms with Crippen molar-refractivity contribution in [2.45, 2.75) is 45.1 Å². The second-order valence-corrected chi connectivity index (χ2v) is 10.8.